The first-order valence-corrected chi connectivity index (χ1v) is 14.2. The van der Waals surface area contributed by atoms with Crippen molar-refractivity contribution in [3.8, 4) is 0 Å². The van der Waals surface area contributed by atoms with Gasteiger partial charge in [0.25, 0.3) is 0 Å². The van der Waals surface area contributed by atoms with Gasteiger partial charge in [-0.15, -0.1) is 0 Å². The van der Waals surface area contributed by atoms with E-state index in [-0.39, 0.29) is 36.4 Å². The fourth-order valence-electron chi connectivity index (χ4n) is 7.57. The summed E-state index contributed by atoms with van der Waals surface area (Å²) < 4.78 is 16.7. The van der Waals surface area contributed by atoms with Crippen LogP contribution in [0.2, 0.25) is 0 Å². The number of hydrogen-bond donors (Lipinski definition) is 2. The van der Waals surface area contributed by atoms with E-state index in [1.165, 1.54) is 6.92 Å². The zero-order chi connectivity index (χ0) is 30.7. The Labute approximate surface area is 241 Å². The van der Waals surface area contributed by atoms with Gasteiger partial charge in [-0.3, -0.25) is 9.59 Å². The Morgan fingerprint density at radius 2 is 1.68 bits per heavy atom. The zero-order valence-corrected chi connectivity index (χ0v) is 25.1. The van der Waals surface area contributed by atoms with Crippen LogP contribution in [0.25, 0.3) is 0 Å². The van der Waals surface area contributed by atoms with Crippen LogP contribution in [0.3, 0.4) is 0 Å². The van der Waals surface area contributed by atoms with E-state index >= 15 is 0 Å². The number of carbonyl (C=O) groups is 4. The second-order valence-electron chi connectivity index (χ2n) is 12.5. The fraction of sp³-hybridized carbons (Fsp3) is 0.625. The van der Waals surface area contributed by atoms with Gasteiger partial charge in [-0.25, -0.2) is 9.59 Å². The van der Waals surface area contributed by atoms with Crippen molar-refractivity contribution in [2.24, 2.45) is 34.5 Å². The first kappa shape index (κ1) is 30.9. The predicted octanol–water partition coefficient (Wildman–Crippen LogP) is 3.39. The maximum absolute atomic E-state index is 14.7. The smallest absolute Gasteiger partial charge is 0.334 e. The lowest BCUT2D eigenvalue weighted by atomic mass is 9.59. The molecule has 0 unspecified atom stereocenters. The average molecular weight is 571 g/mol. The van der Waals surface area contributed by atoms with Crippen molar-refractivity contribution < 1.29 is 43.6 Å². The van der Waals surface area contributed by atoms with Crippen molar-refractivity contribution in [1.29, 1.82) is 0 Å². The van der Waals surface area contributed by atoms with Gasteiger partial charge in [0.15, 0.2) is 17.5 Å². The predicted molar refractivity (Wildman–Crippen MR) is 149 cm³/mol. The van der Waals surface area contributed by atoms with Crippen molar-refractivity contribution in [3.05, 3.63) is 46.6 Å². The summed E-state index contributed by atoms with van der Waals surface area (Å²) in [5, 5.41) is 24.5. The monoisotopic (exact) mass is 570 g/mol. The first-order valence-electron chi connectivity index (χ1n) is 14.2. The molecule has 0 aromatic heterocycles. The van der Waals surface area contributed by atoms with Gasteiger partial charge < -0.3 is 24.4 Å². The molecule has 0 aliphatic heterocycles. The Morgan fingerprint density at radius 1 is 1.07 bits per heavy atom. The maximum Gasteiger partial charge on any atom is 0.334 e. The van der Waals surface area contributed by atoms with Crippen LogP contribution in [0.5, 0.6) is 0 Å². The van der Waals surface area contributed by atoms with E-state index < -0.39 is 58.4 Å². The minimum absolute atomic E-state index is 0.0177. The highest BCUT2D eigenvalue weighted by Crippen LogP contribution is 2.72. The second kappa shape index (κ2) is 10.7. The molecular formula is C32H42O9. The minimum atomic E-state index is -2.24. The third-order valence-electron chi connectivity index (χ3n) is 10.2. The number of allylic oxidation sites excluding steroid dienone is 3. The number of aliphatic hydroxyl groups excluding tert-OH is 1. The summed E-state index contributed by atoms with van der Waals surface area (Å²) in [6, 6.07) is 0. The summed E-state index contributed by atoms with van der Waals surface area (Å²) in [7, 11) is 0. The van der Waals surface area contributed by atoms with Gasteiger partial charge in [0.2, 0.25) is 0 Å². The molecule has 41 heavy (non-hydrogen) atoms. The van der Waals surface area contributed by atoms with Gasteiger partial charge in [0.1, 0.15) is 12.7 Å². The standard InChI is InChI=1S/C32H42O9/c1-9-16(3)28(36)40-15-30(8)23-11-19(6)31-13-18(5)27(41-29(37)17(4)10-2)32(31,38)25(34)21(14-39-20(7)33)12-22(24(23)30)26(31)35/h9-10,12-13,19,22-25,27,34,38H,11,14-15H2,1-8H3/b16-9-,17-10-/t19-,22-,23-,24+,25-,27+,30-,31+,32+/m1/s1. The molecule has 0 heterocycles. The van der Waals surface area contributed by atoms with Crippen molar-refractivity contribution in [3.63, 3.8) is 0 Å². The molecule has 0 saturated heterocycles. The number of hydrogen-bond acceptors (Lipinski definition) is 9. The Bertz CT molecular complexity index is 1290. The van der Waals surface area contributed by atoms with Crippen LogP contribution in [0.1, 0.15) is 61.8 Å². The second-order valence-corrected chi connectivity index (χ2v) is 12.5. The molecule has 224 valence electrons. The summed E-state index contributed by atoms with van der Waals surface area (Å²) in [5.41, 5.74) is -2.88. The lowest BCUT2D eigenvalue weighted by Gasteiger charge is -2.48. The summed E-state index contributed by atoms with van der Waals surface area (Å²) in [4.78, 5) is 51.9. The van der Waals surface area contributed by atoms with Gasteiger partial charge in [-0.05, 0) is 69.9 Å². The van der Waals surface area contributed by atoms with Crippen LogP contribution in [0.15, 0.2) is 46.6 Å². The Balaban J connectivity index is 1.82. The molecule has 2 saturated carbocycles. The minimum Gasteiger partial charge on any atom is -0.462 e. The van der Waals surface area contributed by atoms with E-state index in [0.29, 0.717) is 23.1 Å². The first-order chi connectivity index (χ1) is 19.1. The van der Waals surface area contributed by atoms with Crippen LogP contribution in [0.4, 0.5) is 0 Å². The molecule has 1 spiro atoms. The number of ketones is 1. The lowest BCUT2D eigenvalue weighted by Crippen LogP contribution is -2.66. The molecule has 4 rings (SSSR count). The normalized spacial score (nSPS) is 39.8. The lowest BCUT2D eigenvalue weighted by molar-refractivity contribution is -0.202. The highest BCUT2D eigenvalue weighted by molar-refractivity contribution is 5.96. The summed E-state index contributed by atoms with van der Waals surface area (Å²) >= 11 is 0. The third kappa shape index (κ3) is 4.52. The SMILES string of the molecule is C/C=C(/C)C(=O)OC[C@@]1(C)[C@@H]2[C@H]1C[C@@H](C)[C@]13C=C(C)[C@H](OC(=O)/C(C)=C\C)[C@@]1(O)[C@H](O)C(COC(C)=O)=C[C@H]2C3=O. The van der Waals surface area contributed by atoms with E-state index in [2.05, 4.69) is 0 Å². The van der Waals surface area contributed by atoms with E-state index in [4.69, 9.17) is 14.2 Å². The largest absolute Gasteiger partial charge is 0.462 e. The van der Waals surface area contributed by atoms with Crippen molar-refractivity contribution in [1.82, 2.24) is 0 Å². The van der Waals surface area contributed by atoms with Crippen LogP contribution in [-0.2, 0) is 33.4 Å². The Hall–Kier alpha value is -3.04. The number of Topliss-reactive ketones (excluding diaryl/α,β-unsaturated/α-hetero) is 1. The Morgan fingerprint density at radius 3 is 2.27 bits per heavy atom. The highest BCUT2D eigenvalue weighted by Gasteiger charge is 2.77. The number of carbonyl (C=O) groups excluding carboxylic acids is 4. The van der Waals surface area contributed by atoms with Crippen LogP contribution < -0.4 is 0 Å². The van der Waals surface area contributed by atoms with Gasteiger partial charge in [0, 0.05) is 29.4 Å². The molecule has 4 aliphatic rings. The van der Waals surface area contributed by atoms with Gasteiger partial charge in [0.05, 0.1) is 12.0 Å². The van der Waals surface area contributed by atoms with E-state index in [9.17, 15) is 29.4 Å². The molecule has 0 amide bonds. The molecule has 9 heteroatoms. The molecular weight excluding hydrogens is 528 g/mol. The van der Waals surface area contributed by atoms with Crippen LogP contribution >= 0.6 is 0 Å². The molecule has 2 bridgehead atoms. The Kier molecular flexibility index (Phi) is 8.04. The molecule has 0 aromatic carbocycles. The van der Waals surface area contributed by atoms with E-state index in [0.717, 1.165) is 0 Å². The van der Waals surface area contributed by atoms with Gasteiger partial charge in [-0.1, -0.05) is 38.2 Å². The molecule has 4 aliphatic carbocycles. The number of aliphatic hydroxyl groups is 2. The summed E-state index contributed by atoms with van der Waals surface area (Å²) in [5.74, 6) is -3.45. The molecule has 2 N–H and O–H groups in total. The number of esters is 3. The van der Waals surface area contributed by atoms with Crippen molar-refractivity contribution in [2.75, 3.05) is 13.2 Å². The van der Waals surface area contributed by atoms with E-state index in [1.807, 2.05) is 13.8 Å². The zero-order valence-electron chi connectivity index (χ0n) is 25.1. The summed E-state index contributed by atoms with van der Waals surface area (Å²) in [6.07, 6.45) is 4.10. The molecule has 9 nitrogen and oxygen atoms in total. The molecule has 0 aromatic rings. The third-order valence-corrected chi connectivity index (χ3v) is 10.2. The number of ether oxygens (including phenoxy) is 3. The topological polar surface area (TPSA) is 136 Å². The van der Waals surface area contributed by atoms with E-state index in [1.54, 1.807) is 58.9 Å². The van der Waals surface area contributed by atoms with Gasteiger partial charge >= 0.3 is 17.9 Å². The fourth-order valence-corrected chi connectivity index (χ4v) is 7.57. The summed E-state index contributed by atoms with van der Waals surface area (Å²) in [6.45, 7) is 13.3. The van der Waals surface area contributed by atoms with Gasteiger partial charge in [-0.2, -0.15) is 0 Å². The number of fused-ring (bicyclic) bond motifs is 3. The highest BCUT2D eigenvalue weighted by atomic mass is 16.6. The average Bonchev–Trinajstić information content (AvgIpc) is 3.46. The molecule has 2 fully saturated rings. The van der Waals surface area contributed by atoms with Crippen molar-refractivity contribution in [2.45, 2.75) is 79.6 Å². The molecule has 0 radical (unpaired) electrons. The maximum atomic E-state index is 14.7. The quantitative estimate of drug-likeness (QED) is 0.204. The van der Waals surface area contributed by atoms with Crippen molar-refractivity contribution >= 4 is 23.7 Å². The number of rotatable bonds is 7. The molecule has 9 atom stereocenters. The van der Waals surface area contributed by atoms with Crippen LogP contribution in [-0.4, -0.2) is 64.9 Å². The van der Waals surface area contributed by atoms with Crippen LogP contribution in [0, 0.1) is 34.5 Å².